The van der Waals surface area contributed by atoms with E-state index in [1.165, 1.54) is 23.4 Å². The van der Waals surface area contributed by atoms with Crippen LogP contribution in [0.15, 0.2) is 24.3 Å². The van der Waals surface area contributed by atoms with Crippen molar-refractivity contribution in [1.82, 2.24) is 4.98 Å². The normalized spacial score (nSPS) is 13.3. The first-order chi connectivity index (χ1) is 8.72. The Kier molecular flexibility index (Phi) is 3.01. The summed E-state index contributed by atoms with van der Waals surface area (Å²) in [6.07, 6.45) is 3.54. The van der Waals surface area contributed by atoms with Gasteiger partial charge in [-0.25, -0.2) is 4.98 Å². The molecule has 0 atom stereocenters. The minimum absolute atomic E-state index is 0.426. The quantitative estimate of drug-likeness (QED) is 0.846. The highest BCUT2D eigenvalue weighted by Crippen LogP contribution is 2.31. The van der Waals surface area contributed by atoms with Gasteiger partial charge in [-0.2, -0.15) is 0 Å². The molecular formula is C13H13N3S2. The third kappa shape index (κ3) is 2.23. The van der Waals surface area contributed by atoms with Gasteiger partial charge < -0.3 is 11.1 Å². The van der Waals surface area contributed by atoms with Gasteiger partial charge in [0.1, 0.15) is 4.99 Å². The maximum atomic E-state index is 5.57. The van der Waals surface area contributed by atoms with Gasteiger partial charge >= 0.3 is 0 Å². The summed E-state index contributed by atoms with van der Waals surface area (Å²) in [6.45, 7) is 0. The number of rotatable bonds is 3. The third-order valence-corrected chi connectivity index (χ3v) is 4.32. The van der Waals surface area contributed by atoms with Crippen LogP contribution in [0, 0.1) is 0 Å². The minimum atomic E-state index is 0.426. The Balaban J connectivity index is 1.77. The average molecular weight is 275 g/mol. The minimum Gasteiger partial charge on any atom is -0.389 e. The maximum Gasteiger partial charge on any atom is 0.187 e. The predicted octanol–water partition coefficient (Wildman–Crippen LogP) is 3.01. The molecule has 3 nitrogen and oxygen atoms in total. The number of hydrogen-bond donors (Lipinski definition) is 2. The van der Waals surface area contributed by atoms with E-state index in [1.54, 1.807) is 11.3 Å². The Labute approximate surface area is 115 Å². The van der Waals surface area contributed by atoms with Crippen molar-refractivity contribution >= 4 is 39.4 Å². The summed E-state index contributed by atoms with van der Waals surface area (Å²) in [5.41, 5.74) is 8.73. The smallest absolute Gasteiger partial charge is 0.187 e. The molecule has 1 aromatic heterocycles. The number of benzene rings is 1. The second-order valence-electron chi connectivity index (χ2n) is 4.31. The fraction of sp³-hybridized carbons (Fsp3) is 0.231. The molecule has 1 aliphatic carbocycles. The van der Waals surface area contributed by atoms with E-state index in [-0.39, 0.29) is 0 Å². The van der Waals surface area contributed by atoms with Crippen LogP contribution in [0.4, 0.5) is 10.8 Å². The summed E-state index contributed by atoms with van der Waals surface area (Å²) in [5, 5.41) is 4.30. The number of nitrogens with two attached hydrogens (primary N) is 1. The number of thiocarbonyl (C=S) groups is 1. The molecule has 3 rings (SSSR count). The van der Waals surface area contributed by atoms with Gasteiger partial charge in [0.2, 0.25) is 0 Å². The highest BCUT2D eigenvalue weighted by atomic mass is 32.1. The summed E-state index contributed by atoms with van der Waals surface area (Å²) >= 11 is 6.68. The topological polar surface area (TPSA) is 50.9 Å². The number of aromatic nitrogens is 1. The van der Waals surface area contributed by atoms with Crippen LogP contribution >= 0.6 is 23.6 Å². The lowest BCUT2D eigenvalue weighted by Crippen LogP contribution is -2.08. The van der Waals surface area contributed by atoms with Crippen molar-refractivity contribution in [3.63, 3.8) is 0 Å². The van der Waals surface area contributed by atoms with Gasteiger partial charge in [-0.15, -0.1) is 11.3 Å². The molecule has 1 heterocycles. The summed E-state index contributed by atoms with van der Waals surface area (Å²) in [5.74, 6) is 0. The summed E-state index contributed by atoms with van der Waals surface area (Å²) in [6, 6.07) is 7.79. The number of fused-ring (bicyclic) bond motifs is 1. The Hall–Kier alpha value is -1.46. The van der Waals surface area contributed by atoms with Crippen molar-refractivity contribution in [2.75, 3.05) is 5.32 Å². The molecule has 0 unspecified atom stereocenters. The molecule has 1 aliphatic rings. The fourth-order valence-corrected chi connectivity index (χ4v) is 3.29. The summed E-state index contributed by atoms with van der Waals surface area (Å²) in [4.78, 5) is 6.45. The third-order valence-electron chi connectivity index (χ3n) is 3.02. The van der Waals surface area contributed by atoms with Crippen LogP contribution in [0.2, 0.25) is 0 Å². The number of aryl methyl sites for hydroxylation is 2. The molecule has 2 aromatic rings. The van der Waals surface area contributed by atoms with E-state index in [0.717, 1.165) is 22.8 Å². The molecule has 5 heteroatoms. The van der Waals surface area contributed by atoms with Crippen LogP contribution in [-0.4, -0.2) is 9.97 Å². The lowest BCUT2D eigenvalue weighted by molar-refractivity contribution is 0.900. The van der Waals surface area contributed by atoms with Crippen LogP contribution in [0.1, 0.15) is 22.6 Å². The van der Waals surface area contributed by atoms with E-state index < -0.39 is 0 Å². The standard InChI is InChI=1S/C13H13N3S2/c14-12(17)8-4-6-9(7-5-8)15-13-16-10-2-1-3-11(10)18-13/h4-7H,1-3H2,(H2,14,17)(H,15,16). The van der Waals surface area contributed by atoms with E-state index in [4.69, 9.17) is 18.0 Å². The zero-order chi connectivity index (χ0) is 12.5. The second kappa shape index (κ2) is 4.66. The van der Waals surface area contributed by atoms with Crippen LogP contribution in [0.25, 0.3) is 0 Å². The van der Waals surface area contributed by atoms with E-state index >= 15 is 0 Å². The van der Waals surface area contributed by atoms with Gasteiger partial charge in [0.15, 0.2) is 5.13 Å². The SMILES string of the molecule is NC(=S)c1ccc(Nc2nc3c(s2)CCC3)cc1. The van der Waals surface area contributed by atoms with Crippen molar-refractivity contribution in [1.29, 1.82) is 0 Å². The van der Waals surface area contributed by atoms with Gasteiger partial charge in [-0.1, -0.05) is 12.2 Å². The van der Waals surface area contributed by atoms with Crippen molar-refractivity contribution in [3.05, 3.63) is 40.4 Å². The van der Waals surface area contributed by atoms with Crippen LogP contribution in [0.5, 0.6) is 0 Å². The number of hydrogen-bond acceptors (Lipinski definition) is 4. The van der Waals surface area contributed by atoms with Crippen molar-refractivity contribution < 1.29 is 0 Å². The Morgan fingerprint density at radius 3 is 2.72 bits per heavy atom. The van der Waals surface area contributed by atoms with Crippen LogP contribution in [-0.2, 0) is 12.8 Å². The molecule has 0 saturated carbocycles. The second-order valence-corrected chi connectivity index (χ2v) is 5.83. The molecule has 0 aliphatic heterocycles. The lowest BCUT2D eigenvalue weighted by atomic mass is 10.2. The Morgan fingerprint density at radius 1 is 1.28 bits per heavy atom. The molecule has 0 amide bonds. The number of nitrogens with one attached hydrogen (secondary N) is 1. The van der Waals surface area contributed by atoms with E-state index in [1.807, 2.05) is 24.3 Å². The number of thiazole rings is 1. The van der Waals surface area contributed by atoms with E-state index in [9.17, 15) is 0 Å². The van der Waals surface area contributed by atoms with Gasteiger partial charge in [0, 0.05) is 16.1 Å². The maximum absolute atomic E-state index is 5.57. The van der Waals surface area contributed by atoms with Gasteiger partial charge in [-0.05, 0) is 43.5 Å². The predicted molar refractivity (Wildman–Crippen MR) is 79.8 cm³/mol. The zero-order valence-corrected chi connectivity index (χ0v) is 11.4. The highest BCUT2D eigenvalue weighted by molar-refractivity contribution is 7.80. The Bertz CT molecular complexity index is 565. The fourth-order valence-electron chi connectivity index (χ4n) is 2.09. The highest BCUT2D eigenvalue weighted by Gasteiger charge is 2.16. The largest absolute Gasteiger partial charge is 0.389 e. The van der Waals surface area contributed by atoms with Gasteiger partial charge in [0.05, 0.1) is 5.69 Å². The molecule has 0 spiro atoms. The van der Waals surface area contributed by atoms with Crippen molar-refractivity contribution in [2.24, 2.45) is 5.73 Å². The van der Waals surface area contributed by atoms with Gasteiger partial charge in [0.25, 0.3) is 0 Å². The lowest BCUT2D eigenvalue weighted by Gasteiger charge is -2.04. The van der Waals surface area contributed by atoms with Gasteiger partial charge in [-0.3, -0.25) is 0 Å². The van der Waals surface area contributed by atoms with Crippen LogP contribution < -0.4 is 11.1 Å². The summed E-state index contributed by atoms with van der Waals surface area (Å²) < 4.78 is 0. The first-order valence-electron chi connectivity index (χ1n) is 5.88. The molecule has 92 valence electrons. The van der Waals surface area contributed by atoms with Crippen molar-refractivity contribution in [3.8, 4) is 0 Å². The molecule has 0 saturated heterocycles. The van der Waals surface area contributed by atoms with Crippen molar-refractivity contribution in [2.45, 2.75) is 19.3 Å². The van der Waals surface area contributed by atoms with Crippen LogP contribution in [0.3, 0.4) is 0 Å². The molecule has 1 aromatic carbocycles. The zero-order valence-electron chi connectivity index (χ0n) is 9.77. The van der Waals surface area contributed by atoms with E-state index in [0.29, 0.717) is 4.99 Å². The number of anilines is 2. The first kappa shape index (κ1) is 11.6. The molecule has 18 heavy (non-hydrogen) atoms. The summed E-state index contributed by atoms with van der Waals surface area (Å²) in [7, 11) is 0. The molecule has 0 radical (unpaired) electrons. The monoisotopic (exact) mass is 275 g/mol. The van der Waals surface area contributed by atoms with E-state index in [2.05, 4.69) is 10.3 Å². The Morgan fingerprint density at radius 2 is 2.06 bits per heavy atom. The average Bonchev–Trinajstić information content (AvgIpc) is 2.90. The molecule has 0 bridgehead atoms. The molecule has 0 fully saturated rings. The molecular weight excluding hydrogens is 262 g/mol. The number of nitrogens with zero attached hydrogens (tertiary/aromatic N) is 1. The first-order valence-corrected chi connectivity index (χ1v) is 7.10. The molecule has 3 N–H and O–H groups in total.